The van der Waals surface area contributed by atoms with E-state index in [1.807, 2.05) is 0 Å². The molecule has 1 heterocycles. The fourth-order valence-electron chi connectivity index (χ4n) is 2.09. The molecule has 120 valence electrons. The van der Waals surface area contributed by atoms with E-state index in [-0.39, 0.29) is 5.56 Å². The normalized spacial score (nSPS) is 10.1. The van der Waals surface area contributed by atoms with Gasteiger partial charge in [0.2, 0.25) is 0 Å². The summed E-state index contributed by atoms with van der Waals surface area (Å²) in [6.07, 6.45) is 3.59. The van der Waals surface area contributed by atoms with Crippen molar-refractivity contribution in [2.45, 2.75) is 40.0 Å². The van der Waals surface area contributed by atoms with Gasteiger partial charge in [-0.15, -0.1) is 0 Å². The molecule has 0 aliphatic rings. The summed E-state index contributed by atoms with van der Waals surface area (Å²) in [4.78, 5) is 0. The molecule has 1 aromatic carbocycles. The summed E-state index contributed by atoms with van der Waals surface area (Å²) in [5, 5.41) is 4.09. The number of halogens is 2. The molecule has 0 aliphatic carbocycles. The quantitative estimate of drug-likeness (QED) is 0.689. The van der Waals surface area contributed by atoms with Gasteiger partial charge in [-0.1, -0.05) is 32.4 Å². The number of benzene rings is 1. The first-order valence-corrected chi connectivity index (χ1v) is 7.51. The van der Waals surface area contributed by atoms with Crippen molar-refractivity contribution in [2.75, 3.05) is 0 Å². The largest absolute Gasteiger partial charge is 0.268 e. The van der Waals surface area contributed by atoms with Crippen LogP contribution in [-0.4, -0.2) is 9.78 Å². The molecule has 0 N–H and O–H groups in total. The first kappa shape index (κ1) is 18.1. The van der Waals surface area contributed by atoms with E-state index in [0.29, 0.717) is 5.69 Å². The van der Waals surface area contributed by atoms with Gasteiger partial charge in [0.25, 0.3) is 0 Å². The van der Waals surface area contributed by atoms with Crippen molar-refractivity contribution >= 4 is 0 Å². The van der Waals surface area contributed by atoms with E-state index in [0.717, 1.165) is 24.2 Å². The second kappa shape index (κ2) is 8.47. The van der Waals surface area contributed by atoms with Gasteiger partial charge in [-0.2, -0.15) is 5.10 Å². The highest BCUT2D eigenvalue weighted by atomic mass is 19.1. The lowest BCUT2D eigenvalue weighted by molar-refractivity contribution is 0.601. The monoisotopic (exact) mass is 306 g/mol. The van der Waals surface area contributed by atoms with E-state index in [1.165, 1.54) is 29.2 Å². The van der Waals surface area contributed by atoms with Crippen molar-refractivity contribution in [2.24, 2.45) is 7.05 Å². The van der Waals surface area contributed by atoms with E-state index >= 15 is 0 Å². The number of hydrogen-bond acceptors (Lipinski definition) is 1. The van der Waals surface area contributed by atoms with Gasteiger partial charge in [0, 0.05) is 12.6 Å². The molecule has 0 amide bonds. The first-order valence-electron chi connectivity index (χ1n) is 7.51. The van der Waals surface area contributed by atoms with Gasteiger partial charge in [0.1, 0.15) is 11.6 Å². The van der Waals surface area contributed by atoms with Crippen LogP contribution in [0.1, 0.15) is 38.8 Å². The molecular weight excluding hydrogens is 282 g/mol. The van der Waals surface area contributed by atoms with Crippen molar-refractivity contribution in [3.63, 3.8) is 0 Å². The molecule has 0 atom stereocenters. The Hall–Kier alpha value is -1.97. The van der Waals surface area contributed by atoms with Crippen LogP contribution in [0.5, 0.6) is 0 Å². The highest BCUT2D eigenvalue weighted by Gasteiger charge is 2.10. The van der Waals surface area contributed by atoms with E-state index in [2.05, 4.69) is 25.5 Å². The summed E-state index contributed by atoms with van der Waals surface area (Å²) in [5.74, 6) is -0.898. The number of aromatic nitrogens is 2. The van der Waals surface area contributed by atoms with E-state index in [1.54, 1.807) is 20.0 Å². The summed E-state index contributed by atoms with van der Waals surface area (Å²) < 4.78 is 27.9. The van der Waals surface area contributed by atoms with Crippen molar-refractivity contribution in [3.8, 4) is 11.3 Å². The fourth-order valence-corrected chi connectivity index (χ4v) is 2.09. The van der Waals surface area contributed by atoms with Crippen LogP contribution in [0.4, 0.5) is 8.78 Å². The lowest BCUT2D eigenvalue weighted by atomic mass is 10.1. The second-order valence-electron chi connectivity index (χ2n) is 5.27. The third kappa shape index (κ3) is 5.10. The lowest BCUT2D eigenvalue weighted by Gasteiger charge is -2.03. The Balaban J connectivity index is 0.000000295. The molecule has 4 heteroatoms. The topological polar surface area (TPSA) is 17.8 Å². The maximum atomic E-state index is 13.4. The van der Waals surface area contributed by atoms with Gasteiger partial charge in [-0.3, -0.25) is 4.68 Å². The molecule has 2 rings (SSSR count). The molecule has 2 aromatic rings. The minimum Gasteiger partial charge on any atom is -0.268 e. The summed E-state index contributed by atoms with van der Waals surface area (Å²) in [7, 11) is 1.70. The molecule has 0 fully saturated rings. The van der Waals surface area contributed by atoms with Gasteiger partial charge in [0.15, 0.2) is 0 Å². The van der Waals surface area contributed by atoms with Crippen LogP contribution in [-0.2, 0) is 7.05 Å². The zero-order chi connectivity index (χ0) is 16.7. The second-order valence-corrected chi connectivity index (χ2v) is 5.27. The minimum atomic E-state index is -0.453. The average Bonchev–Trinajstić information content (AvgIpc) is 2.81. The first-order chi connectivity index (χ1) is 10.4. The molecule has 0 spiro atoms. The van der Waals surface area contributed by atoms with Crippen LogP contribution in [0.15, 0.2) is 36.4 Å². The van der Waals surface area contributed by atoms with Gasteiger partial charge in [-0.25, -0.2) is 8.78 Å². The molecule has 0 saturated carbocycles. The lowest BCUT2D eigenvalue weighted by Crippen LogP contribution is -1.96. The zero-order valence-corrected chi connectivity index (χ0v) is 13.8. The van der Waals surface area contributed by atoms with E-state index < -0.39 is 11.6 Å². The Kier molecular flexibility index (Phi) is 6.96. The van der Waals surface area contributed by atoms with Gasteiger partial charge < -0.3 is 0 Å². The highest BCUT2D eigenvalue weighted by Crippen LogP contribution is 2.23. The summed E-state index contributed by atoms with van der Waals surface area (Å²) in [6.45, 7) is 10.0. The van der Waals surface area contributed by atoms with Crippen molar-refractivity contribution in [1.29, 1.82) is 0 Å². The third-order valence-electron chi connectivity index (χ3n) is 3.31. The summed E-state index contributed by atoms with van der Waals surface area (Å²) in [6, 6.07) is 5.11. The van der Waals surface area contributed by atoms with Crippen LogP contribution in [0.25, 0.3) is 11.3 Å². The maximum Gasteiger partial charge on any atom is 0.132 e. The fraction of sp³-hybridized carbons (Fsp3) is 0.389. The van der Waals surface area contributed by atoms with Gasteiger partial charge >= 0.3 is 0 Å². The predicted molar refractivity (Wildman–Crippen MR) is 87.6 cm³/mol. The van der Waals surface area contributed by atoms with Crippen molar-refractivity contribution in [3.05, 3.63) is 53.7 Å². The minimum absolute atomic E-state index is 0.234. The summed E-state index contributed by atoms with van der Waals surface area (Å²) in [5.41, 5.74) is 2.96. The summed E-state index contributed by atoms with van der Waals surface area (Å²) >= 11 is 0. The molecule has 0 radical (unpaired) electrons. The molecule has 0 aliphatic heterocycles. The van der Waals surface area contributed by atoms with E-state index in [4.69, 9.17) is 0 Å². The Labute approximate surface area is 131 Å². The van der Waals surface area contributed by atoms with Crippen LogP contribution in [0.2, 0.25) is 0 Å². The van der Waals surface area contributed by atoms with E-state index in [9.17, 15) is 8.78 Å². The molecule has 2 nitrogen and oxygen atoms in total. The molecular formula is C18H24F2N2. The standard InChI is InChI=1S/C11H10F2N2.C7H14/c1-7-5-11(15(2)14-7)9-6-8(12)3-4-10(9)13;1-4-6-7(3)5-2/h3-6H,1-2H3;3-6H2,1-2H3. The number of rotatable bonds is 4. The predicted octanol–water partition coefficient (Wildman–Crippen LogP) is 5.43. The Morgan fingerprint density at radius 3 is 2.36 bits per heavy atom. The smallest absolute Gasteiger partial charge is 0.132 e. The molecule has 22 heavy (non-hydrogen) atoms. The number of aryl methyl sites for hydroxylation is 2. The van der Waals surface area contributed by atoms with Crippen LogP contribution < -0.4 is 0 Å². The Morgan fingerprint density at radius 2 is 1.91 bits per heavy atom. The van der Waals surface area contributed by atoms with Gasteiger partial charge in [0.05, 0.1) is 11.4 Å². The number of nitrogens with zero attached hydrogens (tertiary/aromatic N) is 2. The maximum absolute atomic E-state index is 13.4. The third-order valence-corrected chi connectivity index (χ3v) is 3.31. The van der Waals surface area contributed by atoms with Crippen LogP contribution >= 0.6 is 0 Å². The highest BCUT2D eigenvalue weighted by molar-refractivity contribution is 5.60. The van der Waals surface area contributed by atoms with Crippen molar-refractivity contribution in [1.82, 2.24) is 9.78 Å². The Bertz CT molecular complexity index is 630. The molecule has 0 bridgehead atoms. The van der Waals surface area contributed by atoms with Gasteiger partial charge in [-0.05, 0) is 44.0 Å². The van der Waals surface area contributed by atoms with Crippen molar-refractivity contribution < 1.29 is 8.78 Å². The molecule has 0 saturated heterocycles. The molecule has 0 unspecified atom stereocenters. The number of hydrogen-bond donors (Lipinski definition) is 0. The number of allylic oxidation sites excluding steroid dienone is 1. The van der Waals surface area contributed by atoms with Crippen LogP contribution in [0.3, 0.4) is 0 Å². The zero-order valence-electron chi connectivity index (χ0n) is 13.8. The Morgan fingerprint density at radius 1 is 1.23 bits per heavy atom. The van der Waals surface area contributed by atoms with Crippen LogP contribution in [0, 0.1) is 18.6 Å². The average molecular weight is 306 g/mol. The SMILES string of the molecule is C=C(CC)CCC.Cc1cc(-c2cc(F)ccc2F)n(C)n1. The molecule has 1 aromatic heterocycles.